The molecule has 4 rings (SSSR count). The lowest BCUT2D eigenvalue weighted by atomic mass is 10.0. The summed E-state index contributed by atoms with van der Waals surface area (Å²) >= 11 is 0. The van der Waals surface area contributed by atoms with Crippen LogP contribution in [0.15, 0.2) is 41.3 Å². The highest BCUT2D eigenvalue weighted by atomic mass is 16.2. The summed E-state index contributed by atoms with van der Waals surface area (Å²) in [6, 6.07) is 9.64. The topological polar surface area (TPSA) is 81.8 Å². The van der Waals surface area contributed by atoms with Crippen molar-refractivity contribution in [3.8, 4) is 5.69 Å². The number of nitrogens with one attached hydrogen (secondary N) is 1. The highest BCUT2D eigenvalue weighted by Gasteiger charge is 2.20. The van der Waals surface area contributed by atoms with Gasteiger partial charge in [-0.25, -0.2) is 0 Å². The van der Waals surface area contributed by atoms with Gasteiger partial charge in [0.05, 0.1) is 6.54 Å². The SMILES string of the molecule is Cc1ccn(-c2cccc(C(C)C)c2)c(=O)c1C(=O)NCc1nnc2n1CCC2. The molecule has 1 aromatic carbocycles. The van der Waals surface area contributed by atoms with Crippen LogP contribution in [0.1, 0.15) is 59.3 Å². The van der Waals surface area contributed by atoms with E-state index in [1.165, 1.54) is 4.57 Å². The van der Waals surface area contributed by atoms with Crippen LogP contribution in [0.25, 0.3) is 5.69 Å². The zero-order chi connectivity index (χ0) is 20.5. The Kier molecular flexibility index (Phi) is 5.05. The highest BCUT2D eigenvalue weighted by molar-refractivity contribution is 5.95. The van der Waals surface area contributed by atoms with Gasteiger partial charge >= 0.3 is 0 Å². The van der Waals surface area contributed by atoms with Crippen LogP contribution in [0.3, 0.4) is 0 Å². The summed E-state index contributed by atoms with van der Waals surface area (Å²) in [7, 11) is 0. The molecule has 7 heteroatoms. The van der Waals surface area contributed by atoms with Crippen molar-refractivity contribution in [2.75, 3.05) is 0 Å². The summed E-state index contributed by atoms with van der Waals surface area (Å²) in [5.41, 5.74) is 2.38. The molecule has 0 spiro atoms. The molecule has 29 heavy (non-hydrogen) atoms. The van der Waals surface area contributed by atoms with Gasteiger partial charge in [-0.15, -0.1) is 10.2 Å². The molecule has 0 unspecified atom stereocenters. The maximum Gasteiger partial charge on any atom is 0.268 e. The van der Waals surface area contributed by atoms with E-state index in [2.05, 4.69) is 29.4 Å². The van der Waals surface area contributed by atoms with E-state index in [9.17, 15) is 9.59 Å². The molecule has 0 radical (unpaired) electrons. The monoisotopic (exact) mass is 391 g/mol. The maximum absolute atomic E-state index is 13.1. The van der Waals surface area contributed by atoms with Crippen molar-refractivity contribution in [1.82, 2.24) is 24.6 Å². The number of carbonyl (C=O) groups is 1. The fraction of sp³-hybridized carbons (Fsp3) is 0.364. The molecule has 1 N–H and O–H groups in total. The van der Waals surface area contributed by atoms with E-state index < -0.39 is 5.91 Å². The van der Waals surface area contributed by atoms with Crippen LogP contribution in [-0.2, 0) is 19.5 Å². The second-order valence-electron chi connectivity index (χ2n) is 7.77. The van der Waals surface area contributed by atoms with Crippen molar-refractivity contribution in [3.63, 3.8) is 0 Å². The number of pyridine rings is 1. The number of fused-ring (bicyclic) bond motifs is 1. The molecule has 1 aliphatic heterocycles. The fourth-order valence-corrected chi connectivity index (χ4v) is 3.73. The Morgan fingerprint density at radius 2 is 2.07 bits per heavy atom. The molecule has 3 heterocycles. The minimum atomic E-state index is -0.391. The van der Waals surface area contributed by atoms with Crippen LogP contribution in [0.4, 0.5) is 0 Å². The molecule has 0 bridgehead atoms. The summed E-state index contributed by atoms with van der Waals surface area (Å²) in [5.74, 6) is 1.64. The van der Waals surface area contributed by atoms with Gasteiger partial charge in [0.1, 0.15) is 11.4 Å². The van der Waals surface area contributed by atoms with Gasteiger partial charge in [-0.1, -0.05) is 26.0 Å². The smallest absolute Gasteiger partial charge is 0.268 e. The van der Waals surface area contributed by atoms with E-state index in [4.69, 9.17) is 0 Å². The molecule has 1 amide bonds. The van der Waals surface area contributed by atoms with Gasteiger partial charge in [0, 0.05) is 24.8 Å². The number of aromatic nitrogens is 4. The van der Waals surface area contributed by atoms with Gasteiger partial charge in [-0.05, 0) is 48.6 Å². The first-order chi connectivity index (χ1) is 14.0. The van der Waals surface area contributed by atoms with Crippen LogP contribution in [-0.4, -0.2) is 25.2 Å². The van der Waals surface area contributed by atoms with Crippen LogP contribution < -0.4 is 10.9 Å². The van der Waals surface area contributed by atoms with E-state index in [1.54, 1.807) is 19.2 Å². The van der Waals surface area contributed by atoms with Crippen LogP contribution in [0.5, 0.6) is 0 Å². The third-order valence-electron chi connectivity index (χ3n) is 5.44. The Labute approximate surface area is 169 Å². The number of rotatable bonds is 5. The zero-order valence-electron chi connectivity index (χ0n) is 17.0. The first kappa shape index (κ1) is 19.1. The lowest BCUT2D eigenvalue weighted by Crippen LogP contribution is -2.33. The van der Waals surface area contributed by atoms with Gasteiger partial charge in [0.15, 0.2) is 5.82 Å². The average Bonchev–Trinajstić information content (AvgIpc) is 3.31. The molecule has 0 saturated heterocycles. The van der Waals surface area contributed by atoms with E-state index in [0.29, 0.717) is 11.5 Å². The van der Waals surface area contributed by atoms with E-state index in [1.807, 2.05) is 28.8 Å². The van der Waals surface area contributed by atoms with E-state index in [-0.39, 0.29) is 17.7 Å². The first-order valence-corrected chi connectivity index (χ1v) is 9.97. The Morgan fingerprint density at radius 3 is 2.86 bits per heavy atom. The van der Waals surface area contributed by atoms with Gasteiger partial charge in [0.25, 0.3) is 11.5 Å². The van der Waals surface area contributed by atoms with Crippen molar-refractivity contribution in [3.05, 3.63) is 75.2 Å². The molecule has 7 nitrogen and oxygen atoms in total. The van der Waals surface area contributed by atoms with Gasteiger partial charge in [-0.3, -0.25) is 14.2 Å². The van der Waals surface area contributed by atoms with Crippen molar-refractivity contribution >= 4 is 5.91 Å². The molecule has 0 aliphatic carbocycles. The third-order valence-corrected chi connectivity index (χ3v) is 5.44. The molecule has 3 aromatic rings. The van der Waals surface area contributed by atoms with Gasteiger partial charge < -0.3 is 9.88 Å². The molecule has 1 aliphatic rings. The minimum absolute atomic E-state index is 0.156. The Hall–Kier alpha value is -3.22. The summed E-state index contributed by atoms with van der Waals surface area (Å²) in [6.07, 6.45) is 3.68. The predicted octanol–water partition coefficient (Wildman–Crippen LogP) is 2.74. The summed E-state index contributed by atoms with van der Waals surface area (Å²) < 4.78 is 3.57. The number of hydrogen-bond donors (Lipinski definition) is 1. The number of hydrogen-bond acceptors (Lipinski definition) is 4. The standard InChI is InChI=1S/C22H25N5O2/c1-14(2)16-6-4-7-17(12-16)26-11-9-15(3)20(22(26)29)21(28)23-13-19-25-24-18-8-5-10-27(18)19/h4,6-7,9,11-12,14H,5,8,10,13H2,1-3H3,(H,23,28). The first-order valence-electron chi connectivity index (χ1n) is 9.97. The molecular weight excluding hydrogens is 366 g/mol. The summed E-state index contributed by atoms with van der Waals surface area (Å²) in [5, 5.41) is 11.2. The Morgan fingerprint density at radius 1 is 1.24 bits per heavy atom. The molecule has 0 atom stereocenters. The third kappa shape index (κ3) is 3.60. The lowest BCUT2D eigenvalue weighted by Gasteiger charge is -2.13. The van der Waals surface area contributed by atoms with Crippen LogP contribution in [0, 0.1) is 6.92 Å². The average molecular weight is 391 g/mol. The van der Waals surface area contributed by atoms with Crippen molar-refractivity contribution in [1.29, 1.82) is 0 Å². The normalized spacial score (nSPS) is 13.0. The minimum Gasteiger partial charge on any atom is -0.345 e. The largest absolute Gasteiger partial charge is 0.345 e. The van der Waals surface area contributed by atoms with Gasteiger partial charge in [-0.2, -0.15) is 0 Å². The molecule has 0 fully saturated rings. The predicted molar refractivity (Wildman–Crippen MR) is 110 cm³/mol. The number of carbonyl (C=O) groups excluding carboxylic acids is 1. The number of nitrogens with zero attached hydrogens (tertiary/aromatic N) is 4. The van der Waals surface area contributed by atoms with Crippen molar-refractivity contribution in [2.45, 2.75) is 52.6 Å². The molecule has 2 aromatic heterocycles. The second kappa shape index (κ2) is 7.66. The van der Waals surface area contributed by atoms with Crippen molar-refractivity contribution in [2.24, 2.45) is 0 Å². The molecule has 150 valence electrons. The fourth-order valence-electron chi connectivity index (χ4n) is 3.73. The zero-order valence-corrected chi connectivity index (χ0v) is 17.0. The number of aryl methyl sites for hydroxylation is 2. The summed E-state index contributed by atoms with van der Waals surface area (Å²) in [4.78, 5) is 26.0. The van der Waals surface area contributed by atoms with Gasteiger partial charge in [0.2, 0.25) is 0 Å². The van der Waals surface area contributed by atoms with Crippen LogP contribution in [0.2, 0.25) is 0 Å². The lowest BCUT2D eigenvalue weighted by molar-refractivity contribution is 0.0947. The Balaban J connectivity index is 1.62. The maximum atomic E-state index is 13.1. The highest BCUT2D eigenvalue weighted by Crippen LogP contribution is 2.18. The molecular formula is C22H25N5O2. The Bertz CT molecular complexity index is 1130. The van der Waals surface area contributed by atoms with E-state index in [0.717, 1.165) is 42.3 Å². The quantitative estimate of drug-likeness (QED) is 0.725. The number of amides is 1. The second-order valence-corrected chi connectivity index (χ2v) is 7.77. The summed E-state index contributed by atoms with van der Waals surface area (Å²) in [6.45, 7) is 7.12. The molecule has 0 saturated carbocycles. The van der Waals surface area contributed by atoms with Crippen molar-refractivity contribution < 1.29 is 4.79 Å². The van der Waals surface area contributed by atoms with Crippen LogP contribution >= 0.6 is 0 Å². The van der Waals surface area contributed by atoms with E-state index >= 15 is 0 Å². The number of benzene rings is 1.